The first-order chi connectivity index (χ1) is 5.72. The molecule has 0 bridgehead atoms. The maximum Gasteiger partial charge on any atom is 0.135 e. The van der Waals surface area contributed by atoms with E-state index < -0.39 is 5.60 Å². The number of rotatable bonds is 1. The van der Waals surface area contributed by atoms with Gasteiger partial charge >= 0.3 is 0 Å². The highest BCUT2D eigenvalue weighted by molar-refractivity contribution is 6.30. The zero-order valence-corrected chi connectivity index (χ0v) is 9.62. The molecule has 2 heterocycles. The summed E-state index contributed by atoms with van der Waals surface area (Å²) < 4.78 is 0. The zero-order chi connectivity index (χ0) is 8.60. The molecule has 0 spiro atoms. The first-order valence-corrected chi connectivity index (χ1v) is 4.14. The summed E-state index contributed by atoms with van der Waals surface area (Å²) in [5.74, 6) is 0. The van der Waals surface area contributed by atoms with Gasteiger partial charge in [-0.2, -0.15) is 0 Å². The van der Waals surface area contributed by atoms with Crippen molar-refractivity contribution in [1.82, 2.24) is 10.3 Å². The van der Waals surface area contributed by atoms with E-state index >= 15 is 0 Å². The van der Waals surface area contributed by atoms with Crippen molar-refractivity contribution in [1.29, 1.82) is 0 Å². The Hall–Kier alpha value is -0.0600. The Morgan fingerprint density at radius 2 is 2.07 bits per heavy atom. The first-order valence-electron chi connectivity index (χ1n) is 3.76. The van der Waals surface area contributed by atoms with Crippen LogP contribution in [0, 0.1) is 0 Å². The molecule has 0 aromatic carbocycles. The Morgan fingerprint density at radius 1 is 1.43 bits per heavy atom. The highest BCUT2D eigenvalue weighted by Gasteiger charge is 2.37. The molecule has 1 fully saturated rings. The van der Waals surface area contributed by atoms with E-state index in [1.54, 1.807) is 18.3 Å². The monoisotopic (exact) mass is 256 g/mol. The van der Waals surface area contributed by atoms with Gasteiger partial charge in [0, 0.05) is 24.8 Å². The van der Waals surface area contributed by atoms with Gasteiger partial charge in [-0.05, 0) is 6.07 Å². The molecule has 3 nitrogen and oxygen atoms in total. The van der Waals surface area contributed by atoms with E-state index in [0.717, 1.165) is 0 Å². The molecule has 2 rings (SSSR count). The third-order valence-corrected chi connectivity index (χ3v) is 2.40. The van der Waals surface area contributed by atoms with Crippen molar-refractivity contribution in [2.75, 3.05) is 13.1 Å². The summed E-state index contributed by atoms with van der Waals surface area (Å²) in [7, 11) is 0. The number of hydrogen-bond acceptors (Lipinski definition) is 3. The van der Waals surface area contributed by atoms with Gasteiger partial charge in [-0.1, -0.05) is 17.7 Å². The quantitative estimate of drug-likeness (QED) is 0.747. The fraction of sp³-hybridized carbons (Fsp3) is 0.375. The van der Waals surface area contributed by atoms with Gasteiger partial charge < -0.3 is 10.4 Å². The lowest BCUT2D eigenvalue weighted by atomic mass is 9.89. The average Bonchev–Trinajstić information content (AvgIpc) is 2.01. The van der Waals surface area contributed by atoms with Crippen molar-refractivity contribution < 1.29 is 5.11 Å². The minimum atomic E-state index is -0.800. The van der Waals surface area contributed by atoms with Crippen molar-refractivity contribution in [3.8, 4) is 0 Å². The van der Waals surface area contributed by atoms with E-state index in [4.69, 9.17) is 11.6 Å². The smallest absolute Gasteiger partial charge is 0.135 e. The fourth-order valence-corrected chi connectivity index (χ4v) is 1.58. The molecule has 0 atom stereocenters. The summed E-state index contributed by atoms with van der Waals surface area (Å²) in [6.45, 7) is 1.11. The van der Waals surface area contributed by atoms with Crippen LogP contribution in [0.25, 0.3) is 0 Å². The molecule has 0 saturated carbocycles. The summed E-state index contributed by atoms with van der Waals surface area (Å²) in [6.07, 6.45) is 1.61. The topological polar surface area (TPSA) is 45.2 Å². The van der Waals surface area contributed by atoms with E-state index in [1.807, 2.05) is 0 Å². The SMILES string of the molecule is Cl.Cl.OC1(c2cccnc2Cl)CNC1. The Kier molecular flexibility index (Phi) is 5.12. The lowest BCUT2D eigenvalue weighted by molar-refractivity contribution is -0.0148. The van der Waals surface area contributed by atoms with Gasteiger partial charge in [0.25, 0.3) is 0 Å². The molecule has 80 valence electrons. The third kappa shape index (κ3) is 2.30. The number of halogens is 3. The number of β-amino-alcohol motifs (C(OH)–C–C–N with tert-alkyl or cyclic N) is 1. The fourth-order valence-electron chi connectivity index (χ4n) is 1.29. The van der Waals surface area contributed by atoms with Crippen molar-refractivity contribution in [2.45, 2.75) is 5.60 Å². The Morgan fingerprint density at radius 3 is 2.50 bits per heavy atom. The van der Waals surface area contributed by atoms with Crippen LogP contribution in [0.15, 0.2) is 18.3 Å². The van der Waals surface area contributed by atoms with E-state index in [1.165, 1.54) is 0 Å². The van der Waals surface area contributed by atoms with Crippen molar-refractivity contribution in [3.05, 3.63) is 29.0 Å². The normalized spacial score (nSPS) is 17.3. The number of aromatic nitrogens is 1. The highest BCUT2D eigenvalue weighted by Crippen LogP contribution is 2.29. The number of nitrogens with one attached hydrogen (secondary N) is 1. The standard InChI is InChI=1S/C8H9ClN2O.2ClH/c9-7-6(2-1-3-11-7)8(12)4-10-5-8;;/h1-3,10,12H,4-5H2;2*1H. The molecular formula is C8H11Cl3N2O. The van der Waals surface area contributed by atoms with Gasteiger partial charge in [0.05, 0.1) is 0 Å². The first kappa shape index (κ1) is 13.9. The molecule has 0 radical (unpaired) electrons. The molecule has 1 aliphatic heterocycles. The molecular weight excluding hydrogens is 246 g/mol. The van der Waals surface area contributed by atoms with Crippen LogP contribution in [0.1, 0.15) is 5.56 Å². The molecule has 0 amide bonds. The highest BCUT2D eigenvalue weighted by atomic mass is 35.5. The van der Waals surface area contributed by atoms with Crippen LogP contribution in [-0.2, 0) is 5.60 Å². The number of pyridine rings is 1. The minimum Gasteiger partial charge on any atom is -0.382 e. The number of hydrogen-bond donors (Lipinski definition) is 2. The maximum absolute atomic E-state index is 9.88. The van der Waals surface area contributed by atoms with Crippen molar-refractivity contribution >= 4 is 36.4 Å². The van der Waals surface area contributed by atoms with Gasteiger partial charge in [-0.25, -0.2) is 4.98 Å². The van der Waals surface area contributed by atoms with E-state index in [2.05, 4.69) is 10.3 Å². The summed E-state index contributed by atoms with van der Waals surface area (Å²) >= 11 is 5.82. The zero-order valence-electron chi connectivity index (χ0n) is 7.24. The van der Waals surface area contributed by atoms with Gasteiger partial charge in [0.2, 0.25) is 0 Å². The second-order valence-corrected chi connectivity index (χ2v) is 3.33. The van der Waals surface area contributed by atoms with Crippen molar-refractivity contribution in [2.24, 2.45) is 0 Å². The van der Waals surface area contributed by atoms with E-state index in [9.17, 15) is 5.11 Å². The lowest BCUT2D eigenvalue weighted by Gasteiger charge is -2.38. The summed E-state index contributed by atoms with van der Waals surface area (Å²) in [6, 6.07) is 3.58. The van der Waals surface area contributed by atoms with Gasteiger partial charge in [-0.3, -0.25) is 0 Å². The molecule has 0 unspecified atom stereocenters. The summed E-state index contributed by atoms with van der Waals surface area (Å²) in [5.41, 5.74) is -0.0869. The molecule has 1 aromatic heterocycles. The summed E-state index contributed by atoms with van der Waals surface area (Å²) in [5, 5.41) is 13.3. The molecule has 2 N–H and O–H groups in total. The number of aliphatic hydroxyl groups is 1. The third-order valence-electron chi connectivity index (χ3n) is 2.10. The van der Waals surface area contributed by atoms with E-state index in [0.29, 0.717) is 23.8 Å². The Balaban J connectivity index is 0.000000845. The molecule has 0 aliphatic carbocycles. The van der Waals surface area contributed by atoms with Crippen LogP contribution in [0.4, 0.5) is 0 Å². The molecule has 1 saturated heterocycles. The average molecular weight is 258 g/mol. The number of nitrogens with zero attached hydrogens (tertiary/aromatic N) is 1. The van der Waals surface area contributed by atoms with Crippen LogP contribution in [0.2, 0.25) is 5.15 Å². The van der Waals surface area contributed by atoms with Gasteiger partial charge in [0.1, 0.15) is 10.8 Å². The van der Waals surface area contributed by atoms with Crippen LogP contribution in [0.5, 0.6) is 0 Å². The molecule has 1 aromatic rings. The van der Waals surface area contributed by atoms with Crippen LogP contribution >= 0.6 is 36.4 Å². The minimum absolute atomic E-state index is 0. The molecule has 1 aliphatic rings. The Bertz CT molecular complexity index is 304. The van der Waals surface area contributed by atoms with Gasteiger partial charge in [0.15, 0.2) is 0 Å². The van der Waals surface area contributed by atoms with Crippen LogP contribution in [-0.4, -0.2) is 23.2 Å². The predicted molar refractivity (Wildman–Crippen MR) is 60.5 cm³/mol. The maximum atomic E-state index is 9.88. The summed E-state index contributed by atoms with van der Waals surface area (Å²) in [4.78, 5) is 3.90. The second kappa shape index (κ2) is 5.14. The second-order valence-electron chi connectivity index (χ2n) is 2.98. The molecule has 6 heteroatoms. The molecule has 14 heavy (non-hydrogen) atoms. The lowest BCUT2D eigenvalue weighted by Crippen LogP contribution is -2.56. The van der Waals surface area contributed by atoms with Gasteiger partial charge in [-0.15, -0.1) is 24.8 Å². The predicted octanol–water partition coefficient (Wildman–Crippen LogP) is 1.37. The van der Waals surface area contributed by atoms with Crippen molar-refractivity contribution in [3.63, 3.8) is 0 Å². The van der Waals surface area contributed by atoms with Crippen LogP contribution in [0.3, 0.4) is 0 Å². The van der Waals surface area contributed by atoms with E-state index in [-0.39, 0.29) is 24.8 Å². The largest absolute Gasteiger partial charge is 0.382 e. The van der Waals surface area contributed by atoms with Crippen LogP contribution < -0.4 is 5.32 Å². The Labute approximate surface area is 99.7 Å².